The van der Waals surface area contributed by atoms with Crippen LogP contribution in [0.5, 0.6) is 0 Å². The Bertz CT molecular complexity index is 597. The van der Waals surface area contributed by atoms with Gasteiger partial charge in [0, 0.05) is 28.4 Å². The second kappa shape index (κ2) is 5.85. The molecule has 106 valence electrons. The summed E-state index contributed by atoms with van der Waals surface area (Å²) in [7, 11) is 0. The van der Waals surface area contributed by atoms with Gasteiger partial charge in [-0.2, -0.15) is 0 Å². The summed E-state index contributed by atoms with van der Waals surface area (Å²) in [4.78, 5) is 11.9. The van der Waals surface area contributed by atoms with Gasteiger partial charge in [-0.05, 0) is 36.8 Å². The van der Waals surface area contributed by atoms with Crippen molar-refractivity contribution < 1.29 is 9.18 Å². The van der Waals surface area contributed by atoms with Crippen LogP contribution in [0.1, 0.15) is 12.5 Å². The highest BCUT2D eigenvalue weighted by Gasteiger charge is 2.23. The van der Waals surface area contributed by atoms with E-state index in [-0.39, 0.29) is 18.0 Å². The first-order chi connectivity index (χ1) is 9.37. The van der Waals surface area contributed by atoms with E-state index in [4.69, 9.17) is 23.2 Å². The quantitative estimate of drug-likeness (QED) is 0.840. The molecule has 3 nitrogen and oxygen atoms in total. The van der Waals surface area contributed by atoms with Crippen molar-refractivity contribution in [3.63, 3.8) is 0 Å². The van der Waals surface area contributed by atoms with E-state index in [2.05, 4.69) is 10.6 Å². The van der Waals surface area contributed by atoms with Crippen LogP contribution in [0, 0.1) is 0 Å². The number of carbonyl (C=O) groups is 1. The van der Waals surface area contributed by atoms with E-state index in [1.807, 2.05) is 0 Å². The minimum Gasteiger partial charge on any atom is -0.357 e. The minimum absolute atomic E-state index is 0.246. The third kappa shape index (κ3) is 3.74. The Balaban J connectivity index is 2.02. The zero-order valence-corrected chi connectivity index (χ0v) is 12.2. The van der Waals surface area contributed by atoms with E-state index < -0.39 is 5.79 Å². The number of benzene rings is 1. The zero-order valence-electron chi connectivity index (χ0n) is 10.7. The lowest BCUT2D eigenvalue weighted by molar-refractivity contribution is -0.117. The summed E-state index contributed by atoms with van der Waals surface area (Å²) in [6.07, 6.45) is 4.15. The third-order valence-electron chi connectivity index (χ3n) is 2.77. The van der Waals surface area contributed by atoms with Gasteiger partial charge in [-0.1, -0.05) is 29.3 Å². The first kappa shape index (κ1) is 14.9. The van der Waals surface area contributed by atoms with Gasteiger partial charge in [0.05, 0.1) is 0 Å². The number of hydrogen-bond acceptors (Lipinski definition) is 2. The molecule has 0 bridgehead atoms. The Morgan fingerprint density at radius 1 is 1.45 bits per heavy atom. The van der Waals surface area contributed by atoms with Gasteiger partial charge >= 0.3 is 0 Å². The van der Waals surface area contributed by atoms with Crippen molar-refractivity contribution in [2.75, 3.05) is 0 Å². The number of carbonyl (C=O) groups excluding carboxylic acids is 1. The maximum atomic E-state index is 13.7. The van der Waals surface area contributed by atoms with Gasteiger partial charge in [0.2, 0.25) is 0 Å². The van der Waals surface area contributed by atoms with Crippen LogP contribution in [0.3, 0.4) is 0 Å². The fraction of sp³-hybridized carbons (Fsp3) is 0.214. The second-order valence-electron chi connectivity index (χ2n) is 4.57. The molecule has 0 fully saturated rings. The van der Waals surface area contributed by atoms with E-state index in [1.165, 1.54) is 25.3 Å². The van der Waals surface area contributed by atoms with E-state index in [1.54, 1.807) is 18.2 Å². The molecule has 0 saturated heterocycles. The Kier molecular flexibility index (Phi) is 4.35. The lowest BCUT2D eigenvalue weighted by atomic mass is 10.1. The molecule has 6 heteroatoms. The molecule has 0 aliphatic carbocycles. The Morgan fingerprint density at radius 2 is 2.20 bits per heavy atom. The second-order valence-corrected chi connectivity index (χ2v) is 5.41. The smallest absolute Gasteiger partial charge is 0.251 e. The molecule has 1 atom stereocenters. The van der Waals surface area contributed by atoms with Crippen LogP contribution in [0.25, 0.3) is 0 Å². The highest BCUT2D eigenvalue weighted by Crippen LogP contribution is 2.21. The van der Waals surface area contributed by atoms with E-state index in [9.17, 15) is 9.18 Å². The lowest BCUT2D eigenvalue weighted by Gasteiger charge is -2.21. The molecule has 0 spiro atoms. The monoisotopic (exact) mass is 314 g/mol. The van der Waals surface area contributed by atoms with Gasteiger partial charge in [0.1, 0.15) is 0 Å². The van der Waals surface area contributed by atoms with Gasteiger partial charge in [0.15, 0.2) is 5.79 Å². The van der Waals surface area contributed by atoms with Gasteiger partial charge in [-0.25, -0.2) is 4.39 Å². The van der Waals surface area contributed by atoms with E-state index >= 15 is 0 Å². The van der Waals surface area contributed by atoms with Crippen LogP contribution in [0.15, 0.2) is 42.1 Å². The van der Waals surface area contributed by atoms with Crippen molar-refractivity contribution in [3.05, 3.63) is 57.7 Å². The van der Waals surface area contributed by atoms with Crippen molar-refractivity contribution in [2.45, 2.75) is 19.3 Å². The molecule has 1 aromatic rings. The number of rotatable bonds is 3. The standard InChI is InChI=1S/C14H13Cl2FN2O/c1-14(17)7-9(4-5-19-14)13(20)18-8-10-2-3-11(15)6-12(10)16/h2-7,19H,8H2,1H3,(H,18,20)/t14-/m1/s1. The Morgan fingerprint density at radius 3 is 2.85 bits per heavy atom. The van der Waals surface area contributed by atoms with E-state index in [0.29, 0.717) is 10.0 Å². The van der Waals surface area contributed by atoms with Crippen molar-refractivity contribution in [2.24, 2.45) is 0 Å². The molecule has 1 amide bonds. The van der Waals surface area contributed by atoms with Gasteiger partial charge in [-0.15, -0.1) is 0 Å². The predicted molar refractivity (Wildman–Crippen MR) is 78.2 cm³/mol. The first-order valence-electron chi connectivity index (χ1n) is 5.95. The molecule has 1 aromatic carbocycles. The molecular formula is C14H13Cl2FN2O. The summed E-state index contributed by atoms with van der Waals surface area (Å²) in [5, 5.41) is 6.18. The molecule has 20 heavy (non-hydrogen) atoms. The fourth-order valence-electron chi connectivity index (χ4n) is 1.76. The van der Waals surface area contributed by atoms with Crippen molar-refractivity contribution in [3.8, 4) is 0 Å². The molecule has 2 N–H and O–H groups in total. The molecule has 2 rings (SSSR count). The summed E-state index contributed by atoms with van der Waals surface area (Å²) in [5.74, 6) is -2.09. The number of halogens is 3. The summed E-state index contributed by atoms with van der Waals surface area (Å²) in [6, 6.07) is 5.03. The zero-order chi connectivity index (χ0) is 14.8. The number of hydrogen-bond donors (Lipinski definition) is 2. The number of nitrogens with one attached hydrogen (secondary N) is 2. The van der Waals surface area contributed by atoms with Crippen LogP contribution in [0.2, 0.25) is 10.0 Å². The molecule has 0 saturated carbocycles. The van der Waals surface area contributed by atoms with Crippen LogP contribution in [-0.4, -0.2) is 11.7 Å². The Hall–Kier alpha value is -1.52. The number of dihydropyridines is 1. The SMILES string of the molecule is C[C@]1(F)C=C(C(=O)NCc2ccc(Cl)cc2Cl)C=CN1. The maximum Gasteiger partial charge on any atom is 0.251 e. The average Bonchev–Trinajstić information content (AvgIpc) is 2.36. The number of alkyl halides is 1. The molecule has 0 unspecified atom stereocenters. The highest BCUT2D eigenvalue weighted by atomic mass is 35.5. The summed E-state index contributed by atoms with van der Waals surface area (Å²) in [5.41, 5.74) is 1.00. The highest BCUT2D eigenvalue weighted by molar-refractivity contribution is 6.35. The molecular weight excluding hydrogens is 302 g/mol. The van der Waals surface area contributed by atoms with Crippen molar-refractivity contribution in [1.82, 2.24) is 10.6 Å². The largest absolute Gasteiger partial charge is 0.357 e. The van der Waals surface area contributed by atoms with Crippen LogP contribution < -0.4 is 10.6 Å². The first-order valence-corrected chi connectivity index (χ1v) is 6.71. The topological polar surface area (TPSA) is 41.1 Å². The molecule has 1 aliphatic rings. The van der Waals surface area contributed by atoms with Crippen LogP contribution >= 0.6 is 23.2 Å². The molecule has 1 heterocycles. The average molecular weight is 315 g/mol. The predicted octanol–water partition coefficient (Wildman–Crippen LogP) is 3.34. The summed E-state index contributed by atoms with van der Waals surface area (Å²) in [6.45, 7) is 1.58. The van der Waals surface area contributed by atoms with Crippen molar-refractivity contribution in [1.29, 1.82) is 0 Å². The fourth-order valence-corrected chi connectivity index (χ4v) is 2.24. The van der Waals surface area contributed by atoms with Gasteiger partial charge in [-0.3, -0.25) is 4.79 Å². The van der Waals surface area contributed by atoms with E-state index in [0.717, 1.165) is 5.56 Å². The lowest BCUT2D eigenvalue weighted by Crippen LogP contribution is -2.36. The minimum atomic E-state index is -1.72. The van der Waals surface area contributed by atoms with Crippen LogP contribution in [-0.2, 0) is 11.3 Å². The molecule has 0 radical (unpaired) electrons. The number of amides is 1. The van der Waals surface area contributed by atoms with Crippen molar-refractivity contribution >= 4 is 29.1 Å². The summed E-state index contributed by atoms with van der Waals surface area (Å²) >= 11 is 11.8. The normalized spacial score (nSPS) is 21.1. The maximum absolute atomic E-state index is 13.7. The van der Waals surface area contributed by atoms with Crippen LogP contribution in [0.4, 0.5) is 4.39 Å². The summed E-state index contributed by atoms with van der Waals surface area (Å²) < 4.78 is 13.7. The van der Waals surface area contributed by atoms with Gasteiger partial charge < -0.3 is 10.6 Å². The van der Waals surface area contributed by atoms with Gasteiger partial charge in [0.25, 0.3) is 5.91 Å². The Labute approximate surface area is 126 Å². The third-order valence-corrected chi connectivity index (χ3v) is 3.36. The molecule has 1 aliphatic heterocycles. The molecule has 0 aromatic heterocycles.